The van der Waals surface area contributed by atoms with Crippen molar-refractivity contribution in [3.05, 3.63) is 0 Å². The lowest BCUT2D eigenvalue weighted by Gasteiger charge is -2.50. The van der Waals surface area contributed by atoms with Crippen LogP contribution in [0.15, 0.2) is 0 Å². The van der Waals surface area contributed by atoms with Gasteiger partial charge < -0.3 is 124 Å². The highest BCUT2D eigenvalue weighted by Gasteiger charge is 2.56. The number of ether oxygens (including phenoxy) is 9. The Morgan fingerprint density at radius 1 is 0.325 bits per heavy atom. The molecule has 5 saturated heterocycles. The molecule has 5 rings (SSSR count). The summed E-state index contributed by atoms with van der Waals surface area (Å²) in [5.41, 5.74) is 0. The van der Waals surface area contributed by atoms with E-state index in [0.29, 0.717) is 0 Å². The Morgan fingerprint density at radius 2 is 0.575 bits per heavy atom. The molecule has 30 nitrogen and oxygen atoms in total. The molecule has 462 valence electrons. The molecular formula is C45H72O30S5. The van der Waals surface area contributed by atoms with Gasteiger partial charge in [-0.25, -0.2) is 0 Å². The first-order valence-electron chi connectivity index (χ1n) is 25.2. The van der Waals surface area contributed by atoms with Crippen molar-refractivity contribution in [3.8, 4) is 0 Å². The molecule has 0 spiro atoms. The van der Waals surface area contributed by atoms with E-state index in [0.717, 1.165) is 58.8 Å². The predicted octanol–water partition coefficient (Wildman–Crippen LogP) is -5.16. The molecule has 0 saturated carbocycles. The van der Waals surface area contributed by atoms with Crippen LogP contribution in [0.5, 0.6) is 0 Å². The van der Waals surface area contributed by atoms with Crippen LogP contribution in [0, 0.1) is 0 Å². The average Bonchev–Trinajstić information content (AvgIpc) is 3.41. The number of thioether (sulfide) groups is 5. The third-order valence-corrected chi connectivity index (χ3v) is 18.3. The SMILES string of the molecule is O=C(O)CCSCC1O[C@@H](O[C@@H]2C(CSCCC(=O)O)O[C@@H](O[C@H]3C(CSCCC(=O)O)OC[C@@H](O)C3O)[C@@H](O)C2O)[C@@H](O)C(O)[C@@H]1O[C@H]1OC(CSCCC(=O)O)[C@@H](O[C@H]2OC(CSCCC(=O)O)[C@@H](O)[C@H](O)C2O)[C@H](O)C1O. The Morgan fingerprint density at radius 3 is 0.875 bits per heavy atom. The van der Waals surface area contributed by atoms with Crippen molar-refractivity contribution in [2.75, 3.05) is 64.1 Å². The maximum absolute atomic E-state index is 11.9. The maximum atomic E-state index is 11.9. The van der Waals surface area contributed by atoms with Crippen molar-refractivity contribution in [1.82, 2.24) is 0 Å². The summed E-state index contributed by atoms with van der Waals surface area (Å²) >= 11 is 5.16. The number of rotatable bonds is 33. The summed E-state index contributed by atoms with van der Waals surface area (Å²) in [7, 11) is 0. The number of carbonyl (C=O) groups is 5. The van der Waals surface area contributed by atoms with Crippen LogP contribution in [0.4, 0.5) is 0 Å². The van der Waals surface area contributed by atoms with E-state index in [1.54, 1.807) is 0 Å². The zero-order valence-electron chi connectivity index (χ0n) is 42.6. The Hall–Kier alpha value is -1.70. The number of hydrogen-bond acceptors (Lipinski definition) is 30. The van der Waals surface area contributed by atoms with Gasteiger partial charge in [-0.2, -0.15) is 58.8 Å². The molecule has 0 aromatic rings. The molecule has 0 aromatic carbocycles. The number of carboxylic acid groups (broad SMARTS) is 5. The van der Waals surface area contributed by atoms with Crippen molar-refractivity contribution in [2.24, 2.45) is 0 Å². The molecule has 0 aromatic heterocycles. The van der Waals surface area contributed by atoms with Crippen molar-refractivity contribution >= 4 is 88.7 Å². The van der Waals surface area contributed by atoms with Crippen molar-refractivity contribution in [1.29, 1.82) is 0 Å². The van der Waals surface area contributed by atoms with Gasteiger partial charge in [0.2, 0.25) is 0 Å². The number of aliphatic hydroxyl groups is 11. The second-order valence-corrected chi connectivity index (χ2v) is 24.8. The molecule has 80 heavy (non-hydrogen) atoms. The molecule has 0 bridgehead atoms. The van der Waals surface area contributed by atoms with Gasteiger partial charge in [-0.3, -0.25) is 24.0 Å². The fourth-order valence-corrected chi connectivity index (χ4v) is 13.7. The van der Waals surface area contributed by atoms with E-state index < -0.39 is 177 Å². The molecule has 5 heterocycles. The second kappa shape index (κ2) is 33.9. The Kier molecular flexibility index (Phi) is 29.2. The maximum Gasteiger partial charge on any atom is 0.304 e. The lowest BCUT2D eigenvalue weighted by molar-refractivity contribution is -0.383. The lowest BCUT2D eigenvalue weighted by Crippen LogP contribution is -2.67. The van der Waals surface area contributed by atoms with Crippen LogP contribution in [0.3, 0.4) is 0 Å². The van der Waals surface area contributed by atoms with Crippen LogP contribution in [-0.2, 0) is 66.6 Å². The molecule has 5 aliphatic rings. The topological polar surface area (TPSA) is 492 Å². The van der Waals surface area contributed by atoms with Gasteiger partial charge in [0.25, 0.3) is 0 Å². The third kappa shape index (κ3) is 20.2. The fourth-order valence-electron chi connectivity index (χ4n) is 8.71. The summed E-state index contributed by atoms with van der Waals surface area (Å²) in [4.78, 5) is 56.3. The van der Waals surface area contributed by atoms with Gasteiger partial charge in [0.15, 0.2) is 25.2 Å². The monoisotopic (exact) mass is 1250 g/mol. The third-order valence-electron chi connectivity index (χ3n) is 13.0. The first kappa shape index (κ1) is 69.1. The zero-order valence-corrected chi connectivity index (χ0v) is 46.7. The highest BCUT2D eigenvalue weighted by Crippen LogP contribution is 2.38. The molecule has 5 fully saturated rings. The van der Waals surface area contributed by atoms with Gasteiger partial charge in [-0.1, -0.05) is 0 Å². The minimum absolute atomic E-state index is 0.00157. The van der Waals surface area contributed by atoms with Crippen LogP contribution in [0.25, 0.3) is 0 Å². The lowest BCUT2D eigenvalue weighted by atomic mass is 9.96. The quantitative estimate of drug-likeness (QED) is 0.0273. The standard InChI is InChI=1S/C45H72O30S5/c46-17-11-67-19(13-77-7-2-24(49)50)38(28(17)57)72-43-35(64)31(60)40(21(69-43)15-79-9-4-26(53)54)74-45-37(66)33(62)41(22(71-45)16-80-10-5-27(55)56)75-44-36(65)32(61)39(20(70-44)14-78-8-3-25(51)52)73-42-34(63)30(59)29(58)18(68-42)12-76-6-1-23(47)48/h17-22,28-46,57-66H,1-16H2,(H,47,48)(H,49,50)(H,51,52)(H,53,54)(H,55,56)/t17-,18?,19?,20?,21?,22?,28?,29-,30+,31?,32-,33?,34?,35+,36?,37+,38+,39-,40-,41-,42-,43+,44-,45+/m1/s1. The van der Waals surface area contributed by atoms with E-state index in [9.17, 15) is 95.5 Å². The van der Waals surface area contributed by atoms with E-state index >= 15 is 0 Å². The summed E-state index contributed by atoms with van der Waals surface area (Å²) in [6.45, 7) is -0.328. The first-order valence-corrected chi connectivity index (χ1v) is 31.0. The summed E-state index contributed by atoms with van der Waals surface area (Å²) in [5.74, 6) is -6.08. The molecule has 10 unspecified atom stereocenters. The van der Waals surface area contributed by atoms with Gasteiger partial charge in [0.1, 0.15) is 91.6 Å². The number of carboxylic acids is 5. The zero-order chi connectivity index (χ0) is 59.0. The van der Waals surface area contributed by atoms with Gasteiger partial charge in [-0.15, -0.1) is 0 Å². The van der Waals surface area contributed by atoms with E-state index in [-0.39, 0.29) is 96.2 Å². The van der Waals surface area contributed by atoms with Gasteiger partial charge in [0.05, 0.1) is 69.2 Å². The molecule has 0 amide bonds. The van der Waals surface area contributed by atoms with E-state index in [1.165, 1.54) is 0 Å². The highest BCUT2D eigenvalue weighted by molar-refractivity contribution is 8.00. The summed E-state index contributed by atoms with van der Waals surface area (Å²) in [5, 5.41) is 170. The van der Waals surface area contributed by atoms with E-state index in [4.69, 9.17) is 52.8 Å². The second-order valence-electron chi connectivity index (χ2n) is 19.0. The highest BCUT2D eigenvalue weighted by atomic mass is 32.2. The smallest absolute Gasteiger partial charge is 0.304 e. The van der Waals surface area contributed by atoms with E-state index in [1.807, 2.05) is 0 Å². The van der Waals surface area contributed by atoms with Gasteiger partial charge in [-0.05, 0) is 0 Å². The van der Waals surface area contributed by atoms with Crippen LogP contribution >= 0.6 is 58.8 Å². The van der Waals surface area contributed by atoms with Crippen LogP contribution < -0.4 is 0 Å². The Bertz CT molecular complexity index is 1940. The molecule has 24 atom stereocenters. The largest absolute Gasteiger partial charge is 0.481 e. The number of aliphatic hydroxyl groups excluding tert-OH is 11. The van der Waals surface area contributed by atoms with Crippen molar-refractivity contribution in [2.45, 2.75) is 179 Å². The van der Waals surface area contributed by atoms with Crippen LogP contribution in [0.2, 0.25) is 0 Å². The summed E-state index contributed by atoms with van der Waals surface area (Å²) < 4.78 is 54.0. The minimum Gasteiger partial charge on any atom is -0.481 e. The predicted molar refractivity (Wildman–Crippen MR) is 278 cm³/mol. The molecule has 0 radical (unpaired) electrons. The number of aliphatic carboxylic acids is 5. The van der Waals surface area contributed by atoms with Gasteiger partial charge >= 0.3 is 29.8 Å². The molecular weight excluding hydrogens is 1180 g/mol. The molecule has 5 aliphatic heterocycles. The molecule has 35 heteroatoms. The van der Waals surface area contributed by atoms with Crippen LogP contribution in [0.1, 0.15) is 32.1 Å². The number of hydrogen-bond donors (Lipinski definition) is 16. The van der Waals surface area contributed by atoms with Crippen LogP contribution in [-0.4, -0.2) is 323 Å². The van der Waals surface area contributed by atoms with Crippen molar-refractivity contribution in [3.63, 3.8) is 0 Å². The fraction of sp³-hybridized carbons (Fsp3) is 0.889. The minimum atomic E-state index is -2.14. The molecule has 16 N–H and O–H groups in total. The summed E-state index contributed by atoms with van der Waals surface area (Å²) in [6.07, 6.45) is -42.9. The van der Waals surface area contributed by atoms with Gasteiger partial charge in [0, 0.05) is 57.5 Å². The van der Waals surface area contributed by atoms with Crippen molar-refractivity contribution < 1.29 is 148 Å². The first-order chi connectivity index (χ1) is 37.9. The Labute approximate surface area is 478 Å². The Balaban J connectivity index is 1.36. The molecule has 0 aliphatic carbocycles. The normalized spacial score (nSPS) is 39.6. The summed E-state index contributed by atoms with van der Waals surface area (Å²) in [6, 6.07) is 0. The van der Waals surface area contributed by atoms with E-state index in [2.05, 4.69) is 0 Å². The average molecular weight is 1250 g/mol.